The smallest absolute Gasteiger partial charge is 0.270 e. The van der Waals surface area contributed by atoms with Crippen LogP contribution in [0.25, 0.3) is 0 Å². The molecule has 0 radical (unpaired) electrons. The molecule has 12 heteroatoms. The Labute approximate surface area is 221 Å². The van der Waals surface area contributed by atoms with Crippen LogP contribution in [0.1, 0.15) is 48.2 Å². The number of methoxy groups -OCH3 is 1. The predicted molar refractivity (Wildman–Crippen MR) is 140 cm³/mol. The Morgan fingerprint density at radius 1 is 1.16 bits per heavy atom. The maximum atomic E-state index is 13.8. The number of aromatic nitrogens is 1. The molecule has 0 aliphatic heterocycles. The third-order valence-corrected chi connectivity index (χ3v) is 7.25. The Balaban J connectivity index is 1.70. The van der Waals surface area contributed by atoms with Crippen LogP contribution in [-0.2, 0) is 17.9 Å². The maximum absolute atomic E-state index is 13.8. The molecule has 3 amide bonds. The molecule has 0 spiro atoms. The van der Waals surface area contributed by atoms with Crippen molar-refractivity contribution < 1.29 is 23.5 Å². The number of hydrogen-bond donors (Lipinski definition) is 3. The fourth-order valence-electron chi connectivity index (χ4n) is 3.66. The van der Waals surface area contributed by atoms with Crippen LogP contribution in [-0.4, -0.2) is 34.1 Å². The van der Waals surface area contributed by atoms with Gasteiger partial charge in [0.2, 0.25) is 0 Å². The molecule has 0 aliphatic carbocycles. The van der Waals surface area contributed by atoms with Gasteiger partial charge < -0.3 is 30.8 Å². The molecular weight excluding hydrogens is 514 g/mol. The summed E-state index contributed by atoms with van der Waals surface area (Å²) in [4.78, 5) is 41.4. The molecular formula is C25H25N5O5S2. The van der Waals surface area contributed by atoms with E-state index in [1.54, 1.807) is 38.3 Å². The number of furan rings is 1. The number of benzene rings is 1. The molecule has 0 aliphatic rings. The minimum Gasteiger partial charge on any atom is -0.497 e. The lowest BCUT2D eigenvalue weighted by molar-refractivity contribution is -0.126. The molecule has 192 valence electrons. The third-order valence-electron chi connectivity index (χ3n) is 5.54. The topological polar surface area (TPSA) is 154 Å². The summed E-state index contributed by atoms with van der Waals surface area (Å²) < 4.78 is 15.0. The summed E-state index contributed by atoms with van der Waals surface area (Å²) in [7, 11) is 1.58. The fraction of sp³-hybridized carbons (Fsp3) is 0.200. The second-order valence-electron chi connectivity index (χ2n) is 8.07. The molecule has 1 aromatic carbocycles. The first-order valence-electron chi connectivity index (χ1n) is 11.1. The predicted octanol–water partition coefficient (Wildman–Crippen LogP) is 3.50. The van der Waals surface area contributed by atoms with E-state index in [-0.39, 0.29) is 35.1 Å². The molecule has 37 heavy (non-hydrogen) atoms. The first-order chi connectivity index (χ1) is 17.8. The van der Waals surface area contributed by atoms with E-state index in [1.807, 2.05) is 29.6 Å². The molecule has 0 saturated carbocycles. The molecule has 4 aromatic rings. The van der Waals surface area contributed by atoms with Crippen molar-refractivity contribution in [3.63, 3.8) is 0 Å². The highest BCUT2D eigenvalue weighted by Crippen LogP contribution is 2.31. The number of primary amides is 1. The van der Waals surface area contributed by atoms with Crippen LogP contribution in [0.2, 0.25) is 0 Å². The van der Waals surface area contributed by atoms with Gasteiger partial charge in [-0.25, -0.2) is 0 Å². The molecule has 0 bridgehead atoms. The number of carbonyl (C=O) groups is 3. The van der Waals surface area contributed by atoms with Crippen LogP contribution in [0.5, 0.6) is 5.75 Å². The Morgan fingerprint density at radius 2 is 1.92 bits per heavy atom. The van der Waals surface area contributed by atoms with E-state index in [0.717, 1.165) is 22.0 Å². The van der Waals surface area contributed by atoms with Crippen LogP contribution >= 0.6 is 22.9 Å². The van der Waals surface area contributed by atoms with Gasteiger partial charge in [0.05, 0.1) is 19.3 Å². The molecule has 3 heterocycles. The average Bonchev–Trinajstić information content (AvgIpc) is 3.64. The van der Waals surface area contributed by atoms with Crippen LogP contribution in [0.4, 0.5) is 5.69 Å². The summed E-state index contributed by atoms with van der Waals surface area (Å²) in [6.45, 7) is 2.07. The Bertz CT molecular complexity index is 1400. The number of aryl methyl sites for hydroxylation is 1. The summed E-state index contributed by atoms with van der Waals surface area (Å²) in [6.07, 6.45) is 0. The summed E-state index contributed by atoms with van der Waals surface area (Å²) >= 11 is 2.19. The number of amides is 3. The largest absolute Gasteiger partial charge is 0.497 e. The van der Waals surface area contributed by atoms with E-state index in [1.165, 1.54) is 16.2 Å². The number of anilines is 1. The molecule has 0 fully saturated rings. The van der Waals surface area contributed by atoms with Gasteiger partial charge in [-0.3, -0.25) is 14.4 Å². The van der Waals surface area contributed by atoms with E-state index in [4.69, 9.17) is 20.6 Å². The van der Waals surface area contributed by atoms with Gasteiger partial charge in [-0.1, -0.05) is 18.2 Å². The lowest BCUT2D eigenvalue weighted by atomic mass is 10.1. The van der Waals surface area contributed by atoms with Gasteiger partial charge in [-0.15, -0.1) is 11.3 Å². The number of ether oxygens (including phenoxy) is 1. The zero-order chi connectivity index (χ0) is 26.5. The Hall–Kier alpha value is -4.16. The number of carbonyl (C=O) groups excluding carboxylic acids is 3. The first kappa shape index (κ1) is 25.9. The van der Waals surface area contributed by atoms with Crippen LogP contribution in [0.15, 0.2) is 58.3 Å². The number of nitrogens with two attached hydrogens (primary N) is 2. The van der Waals surface area contributed by atoms with Gasteiger partial charge in [0.25, 0.3) is 17.7 Å². The summed E-state index contributed by atoms with van der Waals surface area (Å²) in [5.41, 5.74) is 11.9. The normalized spacial score (nSPS) is 11.6. The first-order valence-corrected chi connectivity index (χ1v) is 12.8. The monoisotopic (exact) mass is 539 g/mol. The number of hydrogen-bond acceptors (Lipinski definition) is 9. The number of nitrogen functional groups attached to an aromatic ring is 1. The van der Waals surface area contributed by atoms with E-state index in [9.17, 15) is 14.4 Å². The van der Waals surface area contributed by atoms with Crippen molar-refractivity contribution in [3.05, 3.63) is 86.4 Å². The van der Waals surface area contributed by atoms with E-state index in [2.05, 4.69) is 9.69 Å². The highest BCUT2D eigenvalue weighted by molar-refractivity contribution is 7.10. The average molecular weight is 540 g/mol. The van der Waals surface area contributed by atoms with Crippen molar-refractivity contribution in [2.45, 2.75) is 26.1 Å². The van der Waals surface area contributed by atoms with Crippen molar-refractivity contribution in [1.82, 2.24) is 14.6 Å². The number of nitrogens with zero attached hydrogens (tertiary/aromatic N) is 2. The van der Waals surface area contributed by atoms with Crippen LogP contribution in [0.3, 0.4) is 0 Å². The second-order valence-corrected chi connectivity index (χ2v) is 9.87. The molecule has 3 aromatic heterocycles. The van der Waals surface area contributed by atoms with Crippen molar-refractivity contribution in [2.24, 2.45) is 5.73 Å². The van der Waals surface area contributed by atoms with Gasteiger partial charge in [-0.2, -0.15) is 4.37 Å². The minimum absolute atomic E-state index is 0.0154. The number of rotatable bonds is 10. The molecule has 5 N–H and O–H groups in total. The quantitative estimate of drug-likeness (QED) is 0.279. The van der Waals surface area contributed by atoms with Gasteiger partial charge in [0.1, 0.15) is 22.1 Å². The summed E-state index contributed by atoms with van der Waals surface area (Å²) in [6, 6.07) is 13.2. The van der Waals surface area contributed by atoms with E-state index in [0.29, 0.717) is 11.5 Å². The zero-order valence-corrected chi connectivity index (χ0v) is 21.7. The van der Waals surface area contributed by atoms with E-state index < -0.39 is 23.8 Å². The van der Waals surface area contributed by atoms with Gasteiger partial charge in [0, 0.05) is 11.4 Å². The van der Waals surface area contributed by atoms with Gasteiger partial charge in [0.15, 0.2) is 11.7 Å². The number of nitrogens with one attached hydrogen (secondary N) is 1. The number of thiophene rings is 1. The lowest BCUT2D eigenvalue weighted by Crippen LogP contribution is -2.43. The summed E-state index contributed by atoms with van der Waals surface area (Å²) in [5, 5.41) is 4.78. The third kappa shape index (κ3) is 5.81. The highest BCUT2D eigenvalue weighted by atomic mass is 32.1. The van der Waals surface area contributed by atoms with Gasteiger partial charge in [-0.05, 0) is 59.7 Å². The maximum Gasteiger partial charge on any atom is 0.270 e. The van der Waals surface area contributed by atoms with Gasteiger partial charge >= 0.3 is 0 Å². The lowest BCUT2D eigenvalue weighted by Gasteiger charge is -2.29. The molecule has 1 atom stereocenters. The van der Waals surface area contributed by atoms with Crippen molar-refractivity contribution in [2.75, 3.05) is 12.8 Å². The zero-order valence-electron chi connectivity index (χ0n) is 20.1. The highest BCUT2D eigenvalue weighted by Gasteiger charge is 2.37. The minimum atomic E-state index is -1.12. The Kier molecular flexibility index (Phi) is 7.89. The summed E-state index contributed by atoms with van der Waals surface area (Å²) in [5.74, 6) is -0.298. The molecule has 0 unspecified atom stereocenters. The Morgan fingerprint density at radius 3 is 2.49 bits per heavy atom. The van der Waals surface area contributed by atoms with Crippen molar-refractivity contribution >= 4 is 46.3 Å². The second kappa shape index (κ2) is 11.3. The van der Waals surface area contributed by atoms with Crippen molar-refractivity contribution in [3.8, 4) is 5.75 Å². The standard InChI is InChI=1S/C25H25N5O5S2/c1-14-5-10-18(35-14)21(24(32)28-12-15-6-8-16(34-2)9-7-15)30(13-17-4-3-11-36-17)25(33)22-19(26)20(23(27)31)29-37-22/h3-11,21H,12-13,26H2,1-2H3,(H2,27,31)(H,28,32)/t21-/m0/s1. The van der Waals surface area contributed by atoms with Crippen LogP contribution < -0.4 is 21.5 Å². The van der Waals surface area contributed by atoms with Crippen molar-refractivity contribution in [1.29, 1.82) is 0 Å². The molecule has 0 saturated heterocycles. The molecule has 4 rings (SSSR count). The SMILES string of the molecule is COc1ccc(CNC(=O)[C@H](c2ccc(C)o2)N(Cc2cccs2)C(=O)c2snc(C(N)=O)c2N)cc1. The fourth-order valence-corrected chi connectivity index (χ4v) is 5.13. The van der Waals surface area contributed by atoms with E-state index >= 15 is 0 Å². The van der Waals surface area contributed by atoms with Crippen LogP contribution in [0, 0.1) is 6.92 Å². The molecule has 10 nitrogen and oxygen atoms in total.